The molecule has 0 spiro atoms. The van der Waals surface area contributed by atoms with E-state index in [0.29, 0.717) is 17.2 Å². The van der Waals surface area contributed by atoms with E-state index in [-0.39, 0.29) is 31.0 Å². The average molecular weight is 586 g/mol. The van der Waals surface area contributed by atoms with Gasteiger partial charge in [0.05, 0.1) is 0 Å². The van der Waals surface area contributed by atoms with Crippen LogP contribution in [-0.4, -0.2) is 35.4 Å². The van der Waals surface area contributed by atoms with Crippen LogP contribution < -0.4 is 10.1 Å². The second-order valence-electron chi connectivity index (χ2n) is 9.33. The molecule has 1 N–H and O–H groups in total. The Hall–Kier alpha value is -2.83. The van der Waals surface area contributed by atoms with Crippen molar-refractivity contribution in [3.05, 3.63) is 98.5 Å². The van der Waals surface area contributed by atoms with Crippen LogP contribution in [0.2, 0.25) is 5.02 Å². The van der Waals surface area contributed by atoms with E-state index in [1.165, 1.54) is 0 Å². The smallest absolute Gasteiger partial charge is 0.261 e. The first-order valence-electron chi connectivity index (χ1n) is 12.5. The standard InChI is InChI=1S/C30H34BrClN2O3/c1-5-22(4)33-30(36)27(17-23-9-7-6-8-10-23)34(18-24-11-13-25(31)14-12-24)28(35)19-37-26-15-20(2)29(32)21(3)16-26/h6-16,22,27H,5,17-19H2,1-4H3,(H,33,36)/t22-,27-/m0/s1. The first kappa shape index (κ1) is 28.7. The van der Waals surface area contributed by atoms with Crippen molar-refractivity contribution in [3.63, 3.8) is 0 Å². The molecule has 0 fully saturated rings. The Labute approximate surface area is 233 Å². The third kappa shape index (κ3) is 8.34. The van der Waals surface area contributed by atoms with Crippen LogP contribution in [0.25, 0.3) is 0 Å². The SMILES string of the molecule is CC[C@H](C)NC(=O)[C@H](Cc1ccccc1)N(Cc1ccc(Br)cc1)C(=O)COc1cc(C)c(Cl)c(C)c1. The van der Waals surface area contributed by atoms with Crippen molar-refractivity contribution < 1.29 is 14.3 Å². The van der Waals surface area contributed by atoms with Gasteiger partial charge in [0.2, 0.25) is 5.91 Å². The molecule has 0 heterocycles. The summed E-state index contributed by atoms with van der Waals surface area (Å²) >= 11 is 9.76. The molecule has 37 heavy (non-hydrogen) atoms. The molecule has 0 saturated heterocycles. The molecule has 0 aromatic heterocycles. The number of rotatable bonds is 11. The van der Waals surface area contributed by atoms with Gasteiger partial charge >= 0.3 is 0 Å². The van der Waals surface area contributed by atoms with Gasteiger partial charge in [0.15, 0.2) is 6.61 Å². The Bertz CT molecular complexity index is 1180. The Balaban J connectivity index is 1.92. The van der Waals surface area contributed by atoms with Gasteiger partial charge in [-0.3, -0.25) is 9.59 Å². The van der Waals surface area contributed by atoms with Gasteiger partial charge in [-0.2, -0.15) is 0 Å². The summed E-state index contributed by atoms with van der Waals surface area (Å²) in [6.07, 6.45) is 1.19. The number of benzene rings is 3. The van der Waals surface area contributed by atoms with E-state index < -0.39 is 6.04 Å². The van der Waals surface area contributed by atoms with Gasteiger partial charge in [-0.15, -0.1) is 0 Å². The number of hydrogen-bond donors (Lipinski definition) is 1. The van der Waals surface area contributed by atoms with Gasteiger partial charge in [0.1, 0.15) is 11.8 Å². The quantitative estimate of drug-likeness (QED) is 0.274. The second kappa shape index (κ2) is 13.6. The fraction of sp³-hybridized carbons (Fsp3) is 0.333. The van der Waals surface area contributed by atoms with Crippen LogP contribution in [0.4, 0.5) is 0 Å². The molecule has 0 aliphatic heterocycles. The van der Waals surface area contributed by atoms with Crippen LogP contribution in [0.5, 0.6) is 5.75 Å². The van der Waals surface area contributed by atoms with E-state index in [1.807, 2.05) is 94.4 Å². The largest absolute Gasteiger partial charge is 0.484 e. The van der Waals surface area contributed by atoms with Crippen molar-refractivity contribution in [3.8, 4) is 5.75 Å². The first-order valence-corrected chi connectivity index (χ1v) is 13.6. The van der Waals surface area contributed by atoms with E-state index in [9.17, 15) is 9.59 Å². The van der Waals surface area contributed by atoms with E-state index >= 15 is 0 Å². The maximum absolute atomic E-state index is 13.7. The van der Waals surface area contributed by atoms with Crippen molar-refractivity contribution >= 4 is 39.3 Å². The highest BCUT2D eigenvalue weighted by Crippen LogP contribution is 2.26. The number of hydrogen-bond acceptors (Lipinski definition) is 3. The topological polar surface area (TPSA) is 58.6 Å². The maximum atomic E-state index is 13.7. The molecule has 3 aromatic carbocycles. The molecule has 2 amide bonds. The predicted octanol–water partition coefficient (Wildman–Crippen LogP) is 6.65. The zero-order valence-corrected chi connectivity index (χ0v) is 24.1. The fourth-order valence-corrected chi connectivity index (χ4v) is 4.37. The van der Waals surface area contributed by atoms with Crippen molar-refractivity contribution in [2.45, 2.75) is 59.2 Å². The molecule has 0 saturated carbocycles. The Morgan fingerprint density at radius 3 is 2.22 bits per heavy atom. The van der Waals surface area contributed by atoms with E-state index in [4.69, 9.17) is 16.3 Å². The van der Waals surface area contributed by atoms with Crippen LogP contribution in [0.15, 0.2) is 71.2 Å². The zero-order valence-electron chi connectivity index (χ0n) is 21.8. The van der Waals surface area contributed by atoms with Crippen molar-refractivity contribution in [2.24, 2.45) is 0 Å². The van der Waals surface area contributed by atoms with Crippen LogP contribution in [0.1, 0.15) is 42.5 Å². The maximum Gasteiger partial charge on any atom is 0.261 e. The number of ether oxygens (including phenoxy) is 1. The minimum atomic E-state index is -0.704. The Kier molecular flexibility index (Phi) is 10.6. The molecule has 2 atom stereocenters. The molecule has 0 bridgehead atoms. The molecule has 0 aliphatic carbocycles. The third-order valence-corrected chi connectivity index (χ3v) is 7.44. The lowest BCUT2D eigenvalue weighted by atomic mass is 10.0. The lowest BCUT2D eigenvalue weighted by Gasteiger charge is -2.32. The van der Waals surface area contributed by atoms with Crippen LogP contribution in [0, 0.1) is 13.8 Å². The van der Waals surface area contributed by atoms with Gasteiger partial charge < -0.3 is 15.0 Å². The number of halogens is 2. The summed E-state index contributed by atoms with van der Waals surface area (Å²) in [7, 11) is 0. The number of amides is 2. The number of carbonyl (C=O) groups is 2. The summed E-state index contributed by atoms with van der Waals surface area (Å²) in [6.45, 7) is 7.87. The molecule has 0 unspecified atom stereocenters. The van der Waals surface area contributed by atoms with Crippen molar-refractivity contribution in [1.82, 2.24) is 10.2 Å². The number of nitrogens with zero attached hydrogens (tertiary/aromatic N) is 1. The molecule has 3 rings (SSSR count). The number of nitrogens with one attached hydrogen (secondary N) is 1. The molecule has 196 valence electrons. The molecule has 0 radical (unpaired) electrons. The van der Waals surface area contributed by atoms with Gasteiger partial charge in [-0.1, -0.05) is 76.9 Å². The number of aryl methyl sites for hydroxylation is 2. The lowest BCUT2D eigenvalue weighted by molar-refractivity contribution is -0.143. The molecule has 5 nitrogen and oxygen atoms in total. The van der Waals surface area contributed by atoms with Gasteiger partial charge in [-0.25, -0.2) is 0 Å². The summed E-state index contributed by atoms with van der Waals surface area (Å²) in [6, 6.07) is 20.4. The summed E-state index contributed by atoms with van der Waals surface area (Å²) < 4.78 is 6.86. The fourth-order valence-electron chi connectivity index (χ4n) is 4.00. The second-order valence-corrected chi connectivity index (χ2v) is 10.6. The Morgan fingerprint density at radius 2 is 1.62 bits per heavy atom. The molecule has 7 heteroatoms. The normalized spacial score (nSPS) is 12.5. The highest BCUT2D eigenvalue weighted by molar-refractivity contribution is 9.10. The average Bonchev–Trinajstić information content (AvgIpc) is 2.89. The Morgan fingerprint density at radius 1 is 1.00 bits per heavy atom. The molecular formula is C30H34BrClN2O3. The van der Waals surface area contributed by atoms with Crippen LogP contribution in [-0.2, 0) is 22.6 Å². The zero-order chi connectivity index (χ0) is 26.9. The van der Waals surface area contributed by atoms with Crippen molar-refractivity contribution in [2.75, 3.05) is 6.61 Å². The van der Waals surface area contributed by atoms with Crippen molar-refractivity contribution in [1.29, 1.82) is 0 Å². The summed E-state index contributed by atoms with van der Waals surface area (Å²) in [5.74, 6) is 0.121. The van der Waals surface area contributed by atoms with Crippen LogP contribution in [0.3, 0.4) is 0 Å². The highest BCUT2D eigenvalue weighted by Gasteiger charge is 2.31. The third-order valence-electron chi connectivity index (χ3n) is 6.31. The van der Waals surface area contributed by atoms with Gasteiger partial charge in [-0.05, 0) is 73.7 Å². The van der Waals surface area contributed by atoms with Gasteiger partial charge in [0.25, 0.3) is 5.91 Å². The first-order chi connectivity index (χ1) is 17.7. The van der Waals surface area contributed by atoms with E-state index in [1.54, 1.807) is 4.90 Å². The van der Waals surface area contributed by atoms with Crippen LogP contribution >= 0.6 is 27.5 Å². The lowest BCUT2D eigenvalue weighted by Crippen LogP contribution is -2.53. The minimum absolute atomic E-state index is 0.00771. The molecule has 0 aliphatic rings. The summed E-state index contributed by atoms with van der Waals surface area (Å²) in [4.78, 5) is 28.9. The monoisotopic (exact) mass is 584 g/mol. The van der Waals surface area contributed by atoms with E-state index in [2.05, 4.69) is 21.2 Å². The molecular weight excluding hydrogens is 552 g/mol. The van der Waals surface area contributed by atoms with E-state index in [0.717, 1.165) is 33.1 Å². The summed E-state index contributed by atoms with van der Waals surface area (Å²) in [5.41, 5.74) is 3.66. The minimum Gasteiger partial charge on any atom is -0.484 e. The summed E-state index contributed by atoms with van der Waals surface area (Å²) in [5, 5.41) is 3.76. The predicted molar refractivity (Wildman–Crippen MR) is 153 cm³/mol. The highest BCUT2D eigenvalue weighted by atomic mass is 79.9. The van der Waals surface area contributed by atoms with Gasteiger partial charge in [0, 0.05) is 28.5 Å². The molecule has 3 aromatic rings. The number of carbonyl (C=O) groups excluding carboxylic acids is 2.